The van der Waals surface area contributed by atoms with Crippen LogP contribution in [-0.4, -0.2) is 59.8 Å². The minimum Gasteiger partial charge on any atom is -0.480 e. The van der Waals surface area contributed by atoms with E-state index in [4.69, 9.17) is 20.9 Å². The Hall–Kier alpha value is -0.625. The van der Waals surface area contributed by atoms with E-state index in [1.54, 1.807) is 0 Å². The van der Waals surface area contributed by atoms with Crippen molar-refractivity contribution in [2.45, 2.75) is 32.1 Å². The number of carboxylic acids is 1. The Morgan fingerprint density at radius 1 is 1.39 bits per heavy atom. The summed E-state index contributed by atoms with van der Waals surface area (Å²) in [6.45, 7) is 2.58. The third-order valence-corrected chi connectivity index (χ3v) is 3.02. The molecule has 0 saturated heterocycles. The van der Waals surface area contributed by atoms with Crippen LogP contribution in [0.5, 0.6) is 0 Å². The summed E-state index contributed by atoms with van der Waals surface area (Å²) in [5.41, 5.74) is 5.69. The third-order valence-electron chi connectivity index (χ3n) is 3.02. The van der Waals surface area contributed by atoms with Crippen molar-refractivity contribution in [2.24, 2.45) is 17.6 Å². The van der Waals surface area contributed by atoms with Gasteiger partial charge in [-0.25, -0.2) is 0 Å². The molecular weight excluding hydrogens is 235 g/mol. The zero-order valence-electron chi connectivity index (χ0n) is 11.4. The molecule has 0 heterocycles. The Balaban J connectivity index is 4.34. The van der Waals surface area contributed by atoms with Crippen molar-refractivity contribution in [1.82, 2.24) is 4.90 Å². The maximum Gasteiger partial charge on any atom is 0.451 e. The highest BCUT2D eigenvalue weighted by atomic mass is 16.4. The van der Waals surface area contributed by atoms with Gasteiger partial charge in [-0.15, -0.1) is 0 Å². The van der Waals surface area contributed by atoms with Crippen molar-refractivity contribution in [3.05, 3.63) is 0 Å². The quantitative estimate of drug-likeness (QED) is 0.415. The number of carboxylic acid groups (broad SMARTS) is 1. The fourth-order valence-corrected chi connectivity index (χ4v) is 2.07. The maximum atomic E-state index is 10.9. The number of rotatable bonds is 9. The molecule has 0 saturated carbocycles. The van der Waals surface area contributed by atoms with Gasteiger partial charge in [0.05, 0.1) is 0 Å². The molecule has 0 aromatic carbocycles. The summed E-state index contributed by atoms with van der Waals surface area (Å²) in [4.78, 5) is 12.9. The molecule has 5 N–H and O–H groups in total. The highest BCUT2D eigenvalue weighted by Crippen LogP contribution is 2.20. The van der Waals surface area contributed by atoms with Crippen molar-refractivity contribution in [3.8, 4) is 0 Å². The second kappa shape index (κ2) is 8.47. The van der Waals surface area contributed by atoms with Crippen LogP contribution >= 0.6 is 0 Å². The molecule has 3 unspecified atom stereocenters. The molecule has 0 fully saturated rings. The van der Waals surface area contributed by atoms with Crippen molar-refractivity contribution in [2.75, 3.05) is 20.6 Å². The van der Waals surface area contributed by atoms with Gasteiger partial charge >= 0.3 is 13.1 Å². The number of nitrogens with zero attached hydrogens (tertiary/aromatic N) is 1. The van der Waals surface area contributed by atoms with Crippen LogP contribution in [0.2, 0.25) is 6.32 Å². The van der Waals surface area contributed by atoms with Gasteiger partial charge in [-0.1, -0.05) is 13.3 Å². The van der Waals surface area contributed by atoms with Gasteiger partial charge in [0.1, 0.15) is 6.04 Å². The fourth-order valence-electron chi connectivity index (χ4n) is 2.07. The number of hydrogen-bond acceptors (Lipinski definition) is 5. The molecule has 0 spiro atoms. The molecular formula is C11H25BN2O4. The van der Waals surface area contributed by atoms with Crippen molar-refractivity contribution < 1.29 is 19.9 Å². The number of aliphatic carboxylic acids is 1. The minimum atomic E-state index is -1.30. The minimum absolute atomic E-state index is 0.136. The molecule has 0 aliphatic heterocycles. The first kappa shape index (κ1) is 17.4. The van der Waals surface area contributed by atoms with Crippen LogP contribution in [0.1, 0.15) is 19.8 Å². The standard InChI is InChI=1S/C11H25BN2O4/c1-8(4-5-12(17)18)6-9(7-14(2)3)10(13)11(15)16/h8-10,17-18H,4-7,13H2,1-3H3,(H,15,16). The van der Waals surface area contributed by atoms with Gasteiger partial charge in [-0.3, -0.25) is 4.79 Å². The number of carbonyl (C=O) groups is 1. The fraction of sp³-hybridized carbons (Fsp3) is 0.909. The Morgan fingerprint density at radius 3 is 2.33 bits per heavy atom. The summed E-state index contributed by atoms with van der Waals surface area (Å²) in [5, 5.41) is 26.6. The predicted molar refractivity (Wildman–Crippen MR) is 71.1 cm³/mol. The van der Waals surface area contributed by atoms with Crippen LogP contribution in [0.4, 0.5) is 0 Å². The zero-order chi connectivity index (χ0) is 14.3. The van der Waals surface area contributed by atoms with Crippen molar-refractivity contribution >= 4 is 13.1 Å². The Morgan fingerprint density at radius 2 is 1.94 bits per heavy atom. The summed E-state index contributed by atoms with van der Waals surface area (Å²) < 4.78 is 0. The van der Waals surface area contributed by atoms with Crippen LogP contribution < -0.4 is 5.73 Å². The van der Waals surface area contributed by atoms with E-state index in [-0.39, 0.29) is 11.8 Å². The lowest BCUT2D eigenvalue weighted by atomic mass is 9.78. The maximum absolute atomic E-state index is 10.9. The molecule has 0 rings (SSSR count). The lowest BCUT2D eigenvalue weighted by Crippen LogP contribution is -2.43. The Bertz CT molecular complexity index is 251. The van der Waals surface area contributed by atoms with E-state index >= 15 is 0 Å². The first-order valence-corrected chi connectivity index (χ1v) is 6.23. The van der Waals surface area contributed by atoms with Crippen LogP contribution in [0.15, 0.2) is 0 Å². The highest BCUT2D eigenvalue weighted by Gasteiger charge is 2.26. The second-order valence-electron chi connectivity index (χ2n) is 5.29. The first-order chi connectivity index (χ1) is 8.23. The van der Waals surface area contributed by atoms with E-state index in [0.29, 0.717) is 25.7 Å². The van der Waals surface area contributed by atoms with Crippen LogP contribution in [0, 0.1) is 11.8 Å². The molecule has 106 valence electrons. The summed E-state index contributed by atoms with van der Waals surface area (Å²) in [5.74, 6) is -0.915. The third kappa shape index (κ3) is 7.65. The topological polar surface area (TPSA) is 107 Å². The Labute approximate surface area is 109 Å². The molecule has 0 aliphatic carbocycles. The number of nitrogens with two attached hydrogens (primary N) is 1. The average molecular weight is 260 g/mol. The molecule has 0 bridgehead atoms. The van der Waals surface area contributed by atoms with Crippen LogP contribution in [0.25, 0.3) is 0 Å². The first-order valence-electron chi connectivity index (χ1n) is 6.23. The molecule has 6 nitrogen and oxygen atoms in total. The molecule has 0 aliphatic rings. The molecule has 0 radical (unpaired) electrons. The Kier molecular flexibility index (Phi) is 8.18. The largest absolute Gasteiger partial charge is 0.480 e. The molecule has 18 heavy (non-hydrogen) atoms. The van der Waals surface area contributed by atoms with Gasteiger partial charge in [-0.2, -0.15) is 0 Å². The van der Waals surface area contributed by atoms with E-state index < -0.39 is 19.1 Å². The van der Waals surface area contributed by atoms with E-state index in [0.717, 1.165) is 0 Å². The van der Waals surface area contributed by atoms with Gasteiger partial charge in [0.2, 0.25) is 0 Å². The van der Waals surface area contributed by atoms with E-state index in [9.17, 15) is 4.79 Å². The van der Waals surface area contributed by atoms with Gasteiger partial charge in [0.15, 0.2) is 0 Å². The molecule has 0 aromatic heterocycles. The summed E-state index contributed by atoms with van der Waals surface area (Å²) >= 11 is 0. The monoisotopic (exact) mass is 260 g/mol. The molecule has 3 atom stereocenters. The van der Waals surface area contributed by atoms with Gasteiger partial charge in [0, 0.05) is 6.54 Å². The van der Waals surface area contributed by atoms with Gasteiger partial charge in [-0.05, 0) is 38.7 Å². The van der Waals surface area contributed by atoms with Gasteiger partial charge < -0.3 is 25.8 Å². The van der Waals surface area contributed by atoms with Crippen molar-refractivity contribution in [3.63, 3.8) is 0 Å². The predicted octanol–water partition coefficient (Wildman–Crippen LogP) is -0.535. The molecule has 7 heteroatoms. The van der Waals surface area contributed by atoms with E-state index in [2.05, 4.69) is 0 Å². The molecule has 0 aromatic rings. The zero-order valence-corrected chi connectivity index (χ0v) is 11.4. The number of hydrogen-bond donors (Lipinski definition) is 4. The lowest BCUT2D eigenvalue weighted by molar-refractivity contribution is -0.140. The highest BCUT2D eigenvalue weighted by molar-refractivity contribution is 6.40. The average Bonchev–Trinajstić information content (AvgIpc) is 2.23. The van der Waals surface area contributed by atoms with E-state index in [1.165, 1.54) is 0 Å². The van der Waals surface area contributed by atoms with Crippen LogP contribution in [0.3, 0.4) is 0 Å². The summed E-state index contributed by atoms with van der Waals surface area (Å²) in [6.07, 6.45) is 1.62. The normalized spacial score (nSPS) is 16.4. The van der Waals surface area contributed by atoms with E-state index in [1.807, 2.05) is 25.9 Å². The second-order valence-corrected chi connectivity index (χ2v) is 5.29. The summed E-state index contributed by atoms with van der Waals surface area (Å²) in [7, 11) is 2.46. The summed E-state index contributed by atoms with van der Waals surface area (Å²) in [6, 6.07) is -0.881. The lowest BCUT2D eigenvalue weighted by Gasteiger charge is -2.26. The van der Waals surface area contributed by atoms with Gasteiger partial charge in [0.25, 0.3) is 0 Å². The molecule has 0 amide bonds. The van der Waals surface area contributed by atoms with Crippen LogP contribution in [-0.2, 0) is 4.79 Å². The SMILES string of the molecule is CC(CCB(O)O)CC(CN(C)C)C(N)C(=O)O. The smallest absolute Gasteiger partial charge is 0.451 e. The van der Waals surface area contributed by atoms with Crippen molar-refractivity contribution in [1.29, 1.82) is 0 Å².